The van der Waals surface area contributed by atoms with Crippen LogP contribution in [0.15, 0.2) is 47.5 Å². The van der Waals surface area contributed by atoms with Gasteiger partial charge in [-0.25, -0.2) is 23.3 Å². The van der Waals surface area contributed by atoms with Crippen LogP contribution in [0.2, 0.25) is 0 Å². The van der Waals surface area contributed by atoms with Gasteiger partial charge in [0.15, 0.2) is 0 Å². The van der Waals surface area contributed by atoms with Crippen LogP contribution >= 0.6 is 0 Å². The van der Waals surface area contributed by atoms with Crippen molar-refractivity contribution < 1.29 is 18.3 Å². The first kappa shape index (κ1) is 14.0. The lowest BCUT2D eigenvalue weighted by atomic mass is 10.2. The second-order valence-corrected chi connectivity index (χ2v) is 5.46. The third kappa shape index (κ3) is 3.11. The molecule has 0 atom stereocenters. The second-order valence-electron chi connectivity index (χ2n) is 3.90. The van der Waals surface area contributed by atoms with E-state index in [0.717, 1.165) is 0 Å². The molecule has 20 heavy (non-hydrogen) atoms. The molecule has 2 aromatic rings. The van der Waals surface area contributed by atoms with Gasteiger partial charge in [0.1, 0.15) is 11.4 Å². The smallest absolute Gasteiger partial charge is 0.339 e. The number of aromatic carboxylic acids is 1. The van der Waals surface area contributed by atoms with Crippen LogP contribution in [0.4, 0.5) is 11.5 Å². The summed E-state index contributed by atoms with van der Waals surface area (Å²) >= 11 is 0. The van der Waals surface area contributed by atoms with E-state index in [1.807, 2.05) is 0 Å². The normalized spacial score (nSPS) is 11.1. The number of carbonyl (C=O) groups is 1. The number of rotatable bonds is 4. The van der Waals surface area contributed by atoms with Crippen molar-refractivity contribution >= 4 is 27.5 Å². The van der Waals surface area contributed by atoms with Crippen molar-refractivity contribution in [3.8, 4) is 0 Å². The Kier molecular flexibility index (Phi) is 3.68. The van der Waals surface area contributed by atoms with Crippen molar-refractivity contribution in [2.75, 3.05) is 5.32 Å². The molecule has 0 unspecified atom stereocenters. The van der Waals surface area contributed by atoms with Gasteiger partial charge in [0.2, 0.25) is 10.0 Å². The standard InChI is InChI=1S/C12H11N3O4S/c13-20(18,19)9-5-3-8(4-6-9)15-11-10(12(16)17)2-1-7-14-11/h1-7H,(H,14,15)(H,16,17)(H2,13,18,19). The molecule has 8 heteroatoms. The zero-order valence-corrected chi connectivity index (χ0v) is 11.0. The van der Waals surface area contributed by atoms with Gasteiger partial charge in [0.25, 0.3) is 0 Å². The number of nitrogens with one attached hydrogen (secondary N) is 1. The number of nitrogens with two attached hydrogens (primary N) is 1. The third-order valence-electron chi connectivity index (χ3n) is 2.48. The summed E-state index contributed by atoms with van der Waals surface area (Å²) in [4.78, 5) is 14.9. The van der Waals surface area contributed by atoms with E-state index in [1.54, 1.807) is 0 Å². The van der Waals surface area contributed by atoms with Crippen LogP contribution < -0.4 is 10.5 Å². The lowest BCUT2D eigenvalue weighted by Gasteiger charge is -2.08. The number of anilines is 2. The summed E-state index contributed by atoms with van der Waals surface area (Å²) in [7, 11) is -3.75. The highest BCUT2D eigenvalue weighted by Gasteiger charge is 2.11. The van der Waals surface area contributed by atoms with Crippen molar-refractivity contribution in [3.63, 3.8) is 0 Å². The van der Waals surface area contributed by atoms with Crippen LogP contribution in [-0.4, -0.2) is 24.5 Å². The Morgan fingerprint density at radius 1 is 1.20 bits per heavy atom. The SMILES string of the molecule is NS(=O)(=O)c1ccc(Nc2ncccc2C(=O)O)cc1. The number of benzene rings is 1. The highest BCUT2D eigenvalue weighted by Crippen LogP contribution is 2.19. The van der Waals surface area contributed by atoms with Crippen LogP contribution in [-0.2, 0) is 10.0 Å². The molecule has 4 N–H and O–H groups in total. The molecule has 0 bridgehead atoms. The fourth-order valence-corrected chi connectivity index (χ4v) is 2.06. The molecule has 0 aliphatic rings. The van der Waals surface area contributed by atoms with Crippen molar-refractivity contribution in [3.05, 3.63) is 48.2 Å². The Hall–Kier alpha value is -2.45. The summed E-state index contributed by atoms with van der Waals surface area (Å²) in [5.41, 5.74) is 0.515. The molecule has 0 aliphatic carbocycles. The number of sulfonamides is 1. The molecule has 0 aliphatic heterocycles. The molecule has 1 heterocycles. The quantitative estimate of drug-likeness (QED) is 0.777. The summed E-state index contributed by atoms with van der Waals surface area (Å²) in [6.07, 6.45) is 1.45. The van der Waals surface area contributed by atoms with Crippen molar-refractivity contribution in [1.29, 1.82) is 0 Å². The van der Waals surface area contributed by atoms with E-state index in [-0.39, 0.29) is 16.3 Å². The van der Waals surface area contributed by atoms with Gasteiger partial charge in [-0.05, 0) is 36.4 Å². The van der Waals surface area contributed by atoms with E-state index in [0.29, 0.717) is 5.69 Å². The Bertz CT molecular complexity index is 742. The molecule has 0 saturated heterocycles. The second kappa shape index (κ2) is 5.27. The van der Waals surface area contributed by atoms with Crippen molar-refractivity contribution in [2.45, 2.75) is 4.90 Å². The average Bonchev–Trinajstić information content (AvgIpc) is 2.38. The fourth-order valence-electron chi connectivity index (χ4n) is 1.54. The number of carboxylic acids is 1. The minimum atomic E-state index is -3.75. The van der Waals surface area contributed by atoms with Crippen LogP contribution in [0, 0.1) is 0 Å². The Morgan fingerprint density at radius 2 is 1.85 bits per heavy atom. The average molecular weight is 293 g/mol. The molecule has 1 aromatic heterocycles. The molecule has 7 nitrogen and oxygen atoms in total. The first-order valence-electron chi connectivity index (χ1n) is 5.46. The molecule has 0 saturated carbocycles. The number of carboxylic acid groups (broad SMARTS) is 1. The van der Waals surface area contributed by atoms with E-state index >= 15 is 0 Å². The van der Waals surface area contributed by atoms with Gasteiger partial charge >= 0.3 is 5.97 Å². The summed E-state index contributed by atoms with van der Waals surface area (Å²) in [5, 5.41) is 16.8. The minimum absolute atomic E-state index is 0.0167. The predicted octanol–water partition coefficient (Wildman–Crippen LogP) is 1.17. The van der Waals surface area contributed by atoms with Gasteiger partial charge in [-0.3, -0.25) is 0 Å². The molecule has 0 radical (unpaired) electrons. The zero-order valence-electron chi connectivity index (χ0n) is 10.1. The lowest BCUT2D eigenvalue weighted by molar-refractivity contribution is 0.0697. The topological polar surface area (TPSA) is 122 Å². The summed E-state index contributed by atoms with van der Waals surface area (Å²) in [6.45, 7) is 0. The van der Waals surface area contributed by atoms with Gasteiger partial charge in [0.05, 0.1) is 4.90 Å². The highest BCUT2D eigenvalue weighted by atomic mass is 32.2. The Balaban J connectivity index is 2.30. The minimum Gasteiger partial charge on any atom is -0.478 e. The van der Waals surface area contributed by atoms with E-state index in [2.05, 4.69) is 10.3 Å². The van der Waals surface area contributed by atoms with Crippen molar-refractivity contribution in [1.82, 2.24) is 4.98 Å². The van der Waals surface area contributed by atoms with E-state index in [1.165, 1.54) is 42.6 Å². The Labute approximate surface area is 115 Å². The maximum Gasteiger partial charge on any atom is 0.339 e. The van der Waals surface area contributed by atoms with E-state index in [9.17, 15) is 13.2 Å². The van der Waals surface area contributed by atoms with E-state index in [4.69, 9.17) is 10.2 Å². The zero-order chi connectivity index (χ0) is 14.8. The molecule has 1 aromatic carbocycles. The van der Waals surface area contributed by atoms with Gasteiger partial charge < -0.3 is 10.4 Å². The highest BCUT2D eigenvalue weighted by molar-refractivity contribution is 7.89. The maximum atomic E-state index is 11.1. The number of nitrogens with zero attached hydrogens (tertiary/aromatic N) is 1. The Morgan fingerprint density at radius 3 is 2.40 bits per heavy atom. The number of hydrogen-bond donors (Lipinski definition) is 3. The third-order valence-corrected chi connectivity index (χ3v) is 3.41. The molecule has 0 spiro atoms. The lowest BCUT2D eigenvalue weighted by Crippen LogP contribution is -2.12. The molecule has 2 rings (SSSR count). The molecular formula is C12H11N3O4S. The van der Waals surface area contributed by atoms with Gasteiger partial charge in [0, 0.05) is 11.9 Å². The van der Waals surface area contributed by atoms with Gasteiger partial charge in [-0.1, -0.05) is 0 Å². The fraction of sp³-hybridized carbons (Fsp3) is 0. The summed E-state index contributed by atoms with van der Waals surface area (Å²) < 4.78 is 22.2. The number of primary sulfonamides is 1. The molecule has 0 fully saturated rings. The van der Waals surface area contributed by atoms with Crippen LogP contribution in [0.3, 0.4) is 0 Å². The first-order chi connectivity index (χ1) is 9.38. The monoisotopic (exact) mass is 293 g/mol. The number of hydrogen-bond acceptors (Lipinski definition) is 5. The van der Waals surface area contributed by atoms with Gasteiger partial charge in [-0.2, -0.15) is 0 Å². The van der Waals surface area contributed by atoms with Crippen LogP contribution in [0.5, 0.6) is 0 Å². The van der Waals surface area contributed by atoms with E-state index < -0.39 is 16.0 Å². The largest absolute Gasteiger partial charge is 0.478 e. The van der Waals surface area contributed by atoms with Gasteiger partial charge in [-0.15, -0.1) is 0 Å². The number of aromatic nitrogens is 1. The first-order valence-corrected chi connectivity index (χ1v) is 7.01. The molecule has 0 amide bonds. The summed E-state index contributed by atoms with van der Waals surface area (Å²) in [6, 6.07) is 8.51. The number of pyridine rings is 1. The predicted molar refractivity (Wildman–Crippen MR) is 72.3 cm³/mol. The molecule has 104 valence electrons. The molecular weight excluding hydrogens is 282 g/mol. The summed E-state index contributed by atoms with van der Waals surface area (Å²) in [5.74, 6) is -0.940. The van der Waals surface area contributed by atoms with Crippen LogP contribution in [0.1, 0.15) is 10.4 Å². The maximum absolute atomic E-state index is 11.1. The van der Waals surface area contributed by atoms with Crippen LogP contribution in [0.25, 0.3) is 0 Å². The van der Waals surface area contributed by atoms with Crippen molar-refractivity contribution in [2.24, 2.45) is 5.14 Å².